The van der Waals surface area contributed by atoms with E-state index < -0.39 is 42.2 Å². The summed E-state index contributed by atoms with van der Waals surface area (Å²) in [6.45, 7) is 31.5. The Labute approximate surface area is 901 Å². The molecule has 6 aromatic heterocycles. The fourth-order valence-corrected chi connectivity index (χ4v) is 29.0. The number of cyclic esters (lactones) is 2. The van der Waals surface area contributed by atoms with Crippen molar-refractivity contribution in [2.45, 2.75) is 354 Å². The molecule has 14 atom stereocenters. The van der Waals surface area contributed by atoms with Crippen LogP contribution >= 0.6 is 22.7 Å². The minimum Gasteiger partial charge on any atom is -0.870 e. The SMILES string of the molecule is C.CCn1c(-c2cccnc2C(C)C)c2c3cc(ccc31)-c1csc(n1)C[C@H](NC(=O)[C@H](C1CCCC1)N1CC[C@]3(CCN(C(=O)[C@H]4[C@@H](C5CC5)N4C4CC4)C3)C1)C(=O)N1CCC[C@H](N1)C(=O)OCC(C)(C)C2.CCn1c(-c2cccnc2C(C)C)c2c3cc(ccc31)-c1csc(n1)C[C@H](NC(=O)[C@H](C1CCCC1)N1CC[C@]3(CCNC3)C1)C(=O)N1CCC[C@H](N1)C(=O)OCC(C)(C)C2.O=[C-][C@H]1[C@@H](C2CC2)N1C1CC1.[2H]CF.[Li+].[OH-]. The van der Waals surface area contributed by atoms with Crippen molar-refractivity contribution >= 4 is 92.2 Å². The average molecular weight is 2070 g/mol. The molecule has 800 valence electrons. The van der Waals surface area contributed by atoms with E-state index in [-0.39, 0.29) is 152 Å². The molecule has 6 N–H and O–H groups in total. The first kappa shape index (κ1) is 109. The molecule has 29 nitrogen and oxygen atoms in total. The zero-order valence-corrected chi connectivity index (χ0v) is 90.6. The van der Waals surface area contributed by atoms with E-state index in [1.165, 1.54) is 85.2 Å². The molecule has 2 unspecified atom stereocenters. The van der Waals surface area contributed by atoms with Crippen molar-refractivity contribution in [3.05, 3.63) is 116 Å². The monoisotopic (exact) mass is 2070 g/mol. The average Bonchev–Trinajstić information content (AvgIpc) is 1.54. The van der Waals surface area contributed by atoms with Crippen LogP contribution in [-0.2, 0) is 86.6 Å². The number of amides is 5. The molecule has 8 aromatic rings. The van der Waals surface area contributed by atoms with Gasteiger partial charge in [0.15, 0.2) is 0 Å². The molecule has 24 rings (SSSR count). The van der Waals surface area contributed by atoms with Crippen molar-refractivity contribution in [2.24, 2.45) is 45.3 Å². The molecule has 16 aliphatic rings. The summed E-state index contributed by atoms with van der Waals surface area (Å²) in [6, 6.07) is 20.6. The number of likely N-dealkylation sites (tertiary alicyclic amines) is 3. The topological polar surface area (TPSA) is 329 Å². The Bertz CT molecular complexity index is 6160. The fourth-order valence-electron chi connectivity index (χ4n) is 27.3. The summed E-state index contributed by atoms with van der Waals surface area (Å²) in [7, 11) is -1.00. The molecule has 5 amide bonds. The van der Waals surface area contributed by atoms with E-state index >= 15 is 4.79 Å². The second kappa shape index (κ2) is 45.7. The summed E-state index contributed by atoms with van der Waals surface area (Å²) in [5.74, 6) is 1.37. The van der Waals surface area contributed by atoms with E-state index in [1.54, 1.807) is 10.0 Å². The van der Waals surface area contributed by atoms with Gasteiger partial charge < -0.3 is 54.6 Å². The van der Waals surface area contributed by atoms with Crippen LogP contribution in [0, 0.1) is 45.3 Å². The molecule has 10 aliphatic heterocycles. The third-order valence-electron chi connectivity index (χ3n) is 35.3. The van der Waals surface area contributed by atoms with Crippen LogP contribution < -0.4 is 45.7 Å². The molecular formula is C116H159FLiN18O11S2-. The van der Waals surface area contributed by atoms with Gasteiger partial charge in [-0.25, -0.2) is 27.1 Å². The number of hydrazine groups is 2. The van der Waals surface area contributed by atoms with Crippen LogP contribution in [0.4, 0.5) is 4.39 Å². The summed E-state index contributed by atoms with van der Waals surface area (Å²) in [5.41, 5.74) is 20.8. The van der Waals surface area contributed by atoms with Crippen LogP contribution in [-0.4, -0.2) is 275 Å². The standard InChI is InChI=1S/C57H75N9O5S.C48H64N8O4S.C9H12NO.CH3F.CH4.Li.H2O/c1-6-64-45-20-17-37-27-40(45)41(50(64)39-13-9-23-58-47(39)34(2)3)29-56(4,5)33-71-55(70)42-14-10-24-65(61-42)53(68)43(28-46-59-44(37)30-72-46)60-52(67)49(35-11-7-8-12-35)62-25-21-57(31-62)22-26-63(32-57)54(69)51-48(36-15-16-36)66(51)38-18-19-38;1-6-55-39-16-15-32-23-34(39)35(43(55)33-13-9-19-50-41(33)30(2)3)25-47(4,5)29-60-46(59)36-14-10-21-56(53-36)45(58)37(24-40-51-38(32)26-61-40)52-44(57)42(31-11-7-8-12-31)54-22-18-48(28-54)17-20-49-27-48;11-5-8-9(6-1-2-6)10(8)7-3-4-7;1-2;;;/h9,13,17,20,23,27,30,34-36,38,42-43,48-49,51,61H,6-8,10-12,14-16,18-19,21-22,24-26,28-29,31-33H2,1-5H3,(H,60,67);9,13,15-16,19,23,26,30-31,36-37,42,49,53H,6-8,10-12,14,17-18,20-22,24-25,27-29H2,1-5H3,(H,52,57);6-9H,1-4H2;1H3;1H4;;1H2/q;;-1;;;+1;/p-1/t42-,43-,48+,49-,51+,57-,66?;36-,37-,42-,48-;8-,9+,10?;;;;/m000..../s1/i;;;1D;;;. The van der Waals surface area contributed by atoms with Crippen LogP contribution in [0.5, 0.6) is 0 Å². The van der Waals surface area contributed by atoms with Crippen molar-refractivity contribution in [1.29, 1.82) is 0 Å². The largest absolute Gasteiger partial charge is 1.00 e. The number of hydrogen-bond acceptors (Lipinski definition) is 24. The van der Waals surface area contributed by atoms with Gasteiger partial charge in [-0.05, 0) is 275 Å². The van der Waals surface area contributed by atoms with E-state index in [4.69, 9.17) is 30.8 Å². The Morgan fingerprint density at radius 2 is 1.02 bits per heavy atom. The third kappa shape index (κ3) is 23.1. The van der Waals surface area contributed by atoms with Crippen molar-refractivity contribution in [1.82, 2.24) is 90.4 Å². The number of aryl methyl sites for hydroxylation is 2. The number of thiazole rings is 2. The summed E-state index contributed by atoms with van der Waals surface area (Å²) < 4.78 is 32.7. The van der Waals surface area contributed by atoms with E-state index in [0.29, 0.717) is 81.6 Å². The second-order valence-electron chi connectivity index (χ2n) is 48.0. The van der Waals surface area contributed by atoms with Crippen molar-refractivity contribution in [2.75, 3.05) is 85.8 Å². The van der Waals surface area contributed by atoms with Gasteiger partial charge in [-0.2, -0.15) is 0 Å². The van der Waals surface area contributed by atoms with Gasteiger partial charge in [0.25, 0.3) is 11.8 Å². The minimum atomic E-state index is -1.00. The molecule has 2 spiro atoms. The van der Waals surface area contributed by atoms with Gasteiger partial charge in [0.05, 0.1) is 78.0 Å². The van der Waals surface area contributed by atoms with Gasteiger partial charge in [-0.1, -0.05) is 107 Å². The van der Waals surface area contributed by atoms with Crippen LogP contribution in [0.3, 0.4) is 0 Å². The Morgan fingerprint density at radius 3 is 1.46 bits per heavy atom. The second-order valence-corrected chi connectivity index (χ2v) is 49.9. The number of esters is 2. The maximum atomic E-state index is 15.2. The Morgan fingerprint density at radius 1 is 0.570 bits per heavy atom. The first-order chi connectivity index (χ1) is 71.0. The van der Waals surface area contributed by atoms with Gasteiger partial charge in [-0.15, -0.1) is 22.7 Å². The van der Waals surface area contributed by atoms with Crippen LogP contribution in [0.15, 0.2) is 83.8 Å². The molecule has 12 bridgehead atoms. The summed E-state index contributed by atoms with van der Waals surface area (Å²) >= 11 is 3.04. The van der Waals surface area contributed by atoms with Crippen molar-refractivity contribution in [3.8, 4) is 45.0 Å². The van der Waals surface area contributed by atoms with Crippen LogP contribution in [0.25, 0.3) is 66.8 Å². The number of alkyl halides is 1. The van der Waals surface area contributed by atoms with Crippen molar-refractivity contribution in [3.63, 3.8) is 0 Å². The van der Waals surface area contributed by atoms with Gasteiger partial charge in [0.1, 0.15) is 30.2 Å². The number of fused-ring (bicyclic) bond motifs is 12. The smallest absolute Gasteiger partial charge is 0.870 e. The zero-order valence-electron chi connectivity index (χ0n) is 89.9. The predicted molar refractivity (Wildman–Crippen MR) is 575 cm³/mol. The minimum absolute atomic E-state index is 0. The van der Waals surface area contributed by atoms with Gasteiger partial charge in [-0.3, -0.25) is 72.6 Å². The van der Waals surface area contributed by atoms with Gasteiger partial charge >= 0.3 is 30.8 Å². The number of carbonyl (C=O) groups is 7. The quantitative estimate of drug-likeness (QED) is 0.0205. The number of rotatable bonds is 20. The molecule has 14 fully saturated rings. The molecular weight excluding hydrogens is 1910 g/mol. The van der Waals surface area contributed by atoms with E-state index in [0.717, 1.165) is 243 Å². The maximum Gasteiger partial charge on any atom is 1.00 e. The molecule has 8 saturated heterocycles. The molecule has 16 heterocycles. The van der Waals surface area contributed by atoms with Crippen LogP contribution in [0.1, 0.15) is 277 Å². The number of nitrogens with one attached hydrogen (secondary N) is 5. The Balaban J connectivity index is 0.000000171. The summed E-state index contributed by atoms with van der Waals surface area (Å²) in [6.07, 6.45) is 33.0. The summed E-state index contributed by atoms with van der Waals surface area (Å²) in [5, 5.41) is 21.3. The number of ether oxygens (including phenoxy) is 2. The number of halogens is 1. The molecule has 6 saturated carbocycles. The normalized spacial score (nSPS) is 28.5. The molecule has 0 radical (unpaired) electrons. The molecule has 33 heteroatoms. The number of nitrogens with zero attached hydrogens (tertiary/aromatic N) is 13. The third-order valence-corrected chi connectivity index (χ3v) is 37.0. The Kier molecular flexibility index (Phi) is 33.3. The van der Waals surface area contributed by atoms with Gasteiger partial charge in [0, 0.05) is 179 Å². The molecule has 149 heavy (non-hydrogen) atoms. The first-order valence-corrected chi connectivity index (χ1v) is 57.2. The summed E-state index contributed by atoms with van der Waals surface area (Å²) in [4.78, 5) is 144. The van der Waals surface area contributed by atoms with E-state index in [9.17, 15) is 38.0 Å². The number of aromatic nitrogens is 6. The maximum absolute atomic E-state index is 15.2. The van der Waals surface area contributed by atoms with Crippen LogP contribution in [0.2, 0.25) is 0 Å². The van der Waals surface area contributed by atoms with E-state index in [2.05, 4.69) is 195 Å². The first-order valence-electron chi connectivity index (χ1n) is 56.2. The predicted octanol–water partition coefficient (Wildman–Crippen LogP) is 13.4. The number of hydrogen-bond donors (Lipinski definition) is 5. The van der Waals surface area contributed by atoms with E-state index in [1.807, 2.05) is 24.5 Å². The van der Waals surface area contributed by atoms with Gasteiger partial charge in [0.2, 0.25) is 17.7 Å². The fraction of sp³-hybridized carbons (Fsp3) is 0.655. The Hall–Kier alpha value is -8.75. The van der Waals surface area contributed by atoms with Crippen molar-refractivity contribution < 1.29 is 77.9 Å². The number of pyridine rings is 2. The molecule has 2 aromatic carbocycles. The number of benzene rings is 2. The molecule has 6 aliphatic carbocycles. The number of carbonyl (C=O) groups excluding carboxylic acids is 8. The zero-order chi connectivity index (χ0) is 102.